The Balaban J connectivity index is 1.30. The van der Waals surface area contributed by atoms with Crippen molar-refractivity contribution in [2.75, 3.05) is 16.5 Å². The molecule has 0 spiro atoms. The number of anilines is 2. The Morgan fingerprint density at radius 3 is 1.57 bits per heavy atom. The van der Waals surface area contributed by atoms with E-state index in [-0.39, 0.29) is 27.1 Å². The molecule has 0 bridgehead atoms. The highest BCUT2D eigenvalue weighted by molar-refractivity contribution is 6.09. The van der Waals surface area contributed by atoms with Crippen LogP contribution in [0.1, 0.15) is 121 Å². The van der Waals surface area contributed by atoms with Gasteiger partial charge in [-0.1, -0.05) is 158 Å². The summed E-state index contributed by atoms with van der Waals surface area (Å²) >= 11 is 0. The summed E-state index contributed by atoms with van der Waals surface area (Å²) in [5.74, 6) is 2.46. The largest absolute Gasteiger partial charge is 0.457 e. The maximum absolute atomic E-state index is 7.06. The van der Waals surface area contributed by atoms with E-state index < -0.39 is 0 Å². The minimum atomic E-state index is -0.174. The van der Waals surface area contributed by atoms with Gasteiger partial charge in [0.25, 0.3) is 0 Å². The molecule has 0 atom stereocenters. The van der Waals surface area contributed by atoms with Crippen LogP contribution in [0.3, 0.4) is 0 Å². The molecule has 0 saturated heterocycles. The van der Waals surface area contributed by atoms with Crippen molar-refractivity contribution in [3.05, 3.63) is 156 Å². The second kappa shape index (κ2) is 15.5. The van der Waals surface area contributed by atoms with E-state index in [1.54, 1.807) is 0 Å². The lowest BCUT2D eigenvalue weighted by Crippen LogP contribution is -2.32. The summed E-state index contributed by atoms with van der Waals surface area (Å²) in [5, 5.41) is 2.35. The molecule has 0 unspecified atom stereocenters. The first-order valence-electron chi connectivity index (χ1n) is 22.7. The van der Waals surface area contributed by atoms with E-state index in [9.17, 15) is 0 Å². The molecule has 0 N–H and O–H groups in total. The summed E-state index contributed by atoms with van der Waals surface area (Å²) in [6.45, 7) is 35.5. The van der Waals surface area contributed by atoms with Crippen molar-refractivity contribution < 1.29 is 4.74 Å². The molecule has 326 valence electrons. The minimum Gasteiger partial charge on any atom is -0.457 e. The number of para-hydroxylation sites is 1. The Labute approximate surface area is 377 Å². The first-order chi connectivity index (χ1) is 29.4. The number of nitrogens with zero attached hydrogens (tertiary/aromatic N) is 4. The van der Waals surface area contributed by atoms with Crippen molar-refractivity contribution in [3.63, 3.8) is 0 Å². The number of benzene rings is 5. The molecule has 5 nitrogen and oxygen atoms in total. The highest BCUT2D eigenvalue weighted by Crippen LogP contribution is 2.50. The molecular formula is C58H68N4O. The Hall–Kier alpha value is -5.81. The molecule has 5 heteroatoms. The highest BCUT2D eigenvalue weighted by Gasteiger charge is 2.42. The number of hydrogen-bond donors (Lipinski definition) is 0. The number of aromatic nitrogens is 2. The van der Waals surface area contributed by atoms with Crippen LogP contribution in [0.4, 0.5) is 11.4 Å². The van der Waals surface area contributed by atoms with Gasteiger partial charge in [-0.25, -0.2) is 4.98 Å². The van der Waals surface area contributed by atoms with E-state index in [4.69, 9.17) is 9.72 Å². The van der Waals surface area contributed by atoms with E-state index in [1.807, 2.05) is 6.20 Å². The van der Waals surface area contributed by atoms with Gasteiger partial charge in [0.05, 0.1) is 17.7 Å². The summed E-state index contributed by atoms with van der Waals surface area (Å²) in [4.78, 5) is 10.1. The average molecular weight is 837 g/mol. The molecule has 0 saturated carbocycles. The standard InChI is InChI=1S/C58H68N4O/c1-54(2,3)40-27-28-59-51(34-40)62-49-24-20-19-23-47(49)48-26-25-45(36-50(48)62)63-46-30-39(38-21-17-16-18-22-38)29-43(35-46)60-37-61(53(58(13,14)15)52(60)57(10,11)12)44-32-41(55(4,5)6)31-42(33-44)56(7,8)9/h16-36H,37H2,1-15H3. The van der Waals surface area contributed by atoms with Gasteiger partial charge < -0.3 is 14.5 Å². The van der Waals surface area contributed by atoms with Crippen LogP contribution in [0.5, 0.6) is 11.5 Å². The number of allylic oxidation sites excluding steroid dienone is 2. The highest BCUT2D eigenvalue weighted by atomic mass is 16.5. The summed E-state index contributed by atoms with van der Waals surface area (Å²) in [6.07, 6.45) is 1.93. The maximum atomic E-state index is 7.06. The van der Waals surface area contributed by atoms with Gasteiger partial charge in [0, 0.05) is 62.7 Å². The Bertz CT molecular complexity index is 2830. The number of pyridine rings is 1. The van der Waals surface area contributed by atoms with Gasteiger partial charge in [-0.2, -0.15) is 0 Å². The number of rotatable bonds is 6. The fraction of sp³-hybridized carbons (Fsp3) is 0.362. The summed E-state index contributed by atoms with van der Waals surface area (Å²) < 4.78 is 9.34. The smallest absolute Gasteiger partial charge is 0.137 e. The quantitative estimate of drug-likeness (QED) is 0.167. The molecule has 2 aromatic heterocycles. The third kappa shape index (κ3) is 8.64. The molecule has 1 aliphatic rings. The van der Waals surface area contributed by atoms with E-state index in [0.717, 1.165) is 50.6 Å². The van der Waals surface area contributed by atoms with Crippen LogP contribution in [0.25, 0.3) is 38.8 Å². The first kappa shape index (κ1) is 43.8. The van der Waals surface area contributed by atoms with E-state index in [0.29, 0.717) is 6.67 Å². The van der Waals surface area contributed by atoms with Crippen molar-refractivity contribution in [1.82, 2.24) is 9.55 Å². The van der Waals surface area contributed by atoms with Crippen LogP contribution in [0, 0.1) is 10.8 Å². The molecule has 0 amide bonds. The lowest BCUT2D eigenvalue weighted by Gasteiger charge is -2.35. The molecule has 3 heterocycles. The number of hydrogen-bond acceptors (Lipinski definition) is 4. The van der Waals surface area contributed by atoms with Gasteiger partial charge in [-0.3, -0.25) is 4.57 Å². The van der Waals surface area contributed by atoms with Crippen LogP contribution in [0.2, 0.25) is 0 Å². The summed E-state index contributed by atoms with van der Waals surface area (Å²) in [5.41, 5.74) is 13.0. The number of ether oxygens (including phenoxy) is 1. The van der Waals surface area contributed by atoms with Crippen LogP contribution in [-0.2, 0) is 16.2 Å². The molecule has 63 heavy (non-hydrogen) atoms. The molecule has 0 fully saturated rings. The third-order valence-corrected chi connectivity index (χ3v) is 12.5. The Morgan fingerprint density at radius 1 is 0.429 bits per heavy atom. The van der Waals surface area contributed by atoms with Crippen LogP contribution >= 0.6 is 0 Å². The van der Waals surface area contributed by atoms with E-state index in [2.05, 4.69) is 240 Å². The first-order valence-corrected chi connectivity index (χ1v) is 22.7. The van der Waals surface area contributed by atoms with Gasteiger partial charge in [0.15, 0.2) is 0 Å². The van der Waals surface area contributed by atoms with Crippen LogP contribution in [-0.4, -0.2) is 16.2 Å². The topological polar surface area (TPSA) is 33.5 Å². The summed E-state index contributed by atoms with van der Waals surface area (Å²) in [7, 11) is 0. The van der Waals surface area contributed by atoms with Crippen LogP contribution < -0.4 is 14.5 Å². The van der Waals surface area contributed by atoms with Crippen molar-refractivity contribution in [1.29, 1.82) is 0 Å². The predicted molar refractivity (Wildman–Crippen MR) is 269 cm³/mol. The third-order valence-electron chi connectivity index (χ3n) is 12.5. The normalized spacial score (nSPS) is 14.4. The zero-order valence-corrected chi connectivity index (χ0v) is 40.5. The van der Waals surface area contributed by atoms with E-state index in [1.165, 1.54) is 39.2 Å². The fourth-order valence-electron chi connectivity index (χ4n) is 9.11. The molecule has 0 radical (unpaired) electrons. The zero-order valence-electron chi connectivity index (χ0n) is 40.5. The van der Waals surface area contributed by atoms with Gasteiger partial charge in [0.2, 0.25) is 0 Å². The van der Waals surface area contributed by atoms with Gasteiger partial charge in [-0.05, 0) is 98.7 Å². The van der Waals surface area contributed by atoms with Gasteiger partial charge in [-0.15, -0.1) is 0 Å². The Morgan fingerprint density at radius 2 is 0.984 bits per heavy atom. The molecule has 0 aliphatic carbocycles. The minimum absolute atomic E-state index is 0.00546. The SMILES string of the molecule is CC(C)(C)C1=C(C(C)(C)C)N(c2cc(C(C)(C)C)cc(C(C)(C)C)c2)CN1c1cc(Oc2ccc3c4ccccc4n(-c4cc(C(C)(C)C)ccn4)c3c2)cc(-c2ccccc2)c1. The van der Waals surface area contributed by atoms with Crippen LogP contribution in [0.15, 0.2) is 139 Å². The molecular weight excluding hydrogens is 769 g/mol. The maximum Gasteiger partial charge on any atom is 0.137 e. The van der Waals surface area contributed by atoms with E-state index >= 15 is 0 Å². The fourth-order valence-corrected chi connectivity index (χ4v) is 9.11. The van der Waals surface area contributed by atoms with Gasteiger partial charge in [0.1, 0.15) is 17.3 Å². The Kier molecular flexibility index (Phi) is 10.8. The van der Waals surface area contributed by atoms with Crippen molar-refractivity contribution in [2.45, 2.75) is 120 Å². The van der Waals surface area contributed by atoms with Gasteiger partial charge >= 0.3 is 0 Å². The zero-order chi connectivity index (χ0) is 45.4. The number of fused-ring (bicyclic) bond motifs is 3. The predicted octanol–water partition coefficient (Wildman–Crippen LogP) is 16.1. The lowest BCUT2D eigenvalue weighted by molar-refractivity contribution is 0.444. The lowest BCUT2D eigenvalue weighted by atomic mass is 9.79. The average Bonchev–Trinajstić information content (AvgIpc) is 3.78. The van der Waals surface area contributed by atoms with Crippen molar-refractivity contribution in [3.8, 4) is 28.4 Å². The second-order valence-electron chi connectivity index (χ2n) is 22.8. The molecule has 7 aromatic rings. The molecule has 1 aliphatic heterocycles. The van der Waals surface area contributed by atoms with Crippen molar-refractivity contribution >= 4 is 33.2 Å². The molecule has 5 aromatic carbocycles. The molecule has 8 rings (SSSR count). The second-order valence-corrected chi connectivity index (χ2v) is 22.8. The van der Waals surface area contributed by atoms with Crippen molar-refractivity contribution in [2.24, 2.45) is 10.8 Å². The summed E-state index contributed by atoms with van der Waals surface area (Å²) in [6, 6.07) is 44.2. The monoisotopic (exact) mass is 837 g/mol.